The molecule has 57 heavy (non-hydrogen) atoms. The minimum absolute atomic E-state index is 0.0255. The van der Waals surface area contributed by atoms with E-state index in [1.165, 1.54) is 22.4 Å². The van der Waals surface area contributed by atoms with Gasteiger partial charge in [0, 0.05) is 74.9 Å². The first-order chi connectivity index (χ1) is 27.4. The Morgan fingerprint density at radius 2 is 1.74 bits per heavy atom. The van der Waals surface area contributed by atoms with E-state index in [9.17, 15) is 28.8 Å². The number of hydrogen-bond acceptors (Lipinski definition) is 12. The number of rotatable bonds is 12. The molecule has 0 radical (unpaired) electrons. The molecule has 0 bridgehead atoms. The van der Waals surface area contributed by atoms with Crippen LogP contribution in [0.3, 0.4) is 0 Å². The van der Waals surface area contributed by atoms with Crippen LogP contribution in [0.1, 0.15) is 75.5 Å². The second-order valence-electron chi connectivity index (χ2n) is 14.1. The lowest BCUT2D eigenvalue weighted by atomic mass is 10.0. The summed E-state index contributed by atoms with van der Waals surface area (Å²) >= 11 is 7.46. The molecule has 18 heteroatoms. The van der Waals surface area contributed by atoms with Crippen molar-refractivity contribution in [2.45, 2.75) is 65.0 Å². The van der Waals surface area contributed by atoms with Gasteiger partial charge in [0.05, 0.1) is 16.9 Å². The monoisotopic (exact) mass is 812 g/mol. The molecule has 0 spiro atoms. The van der Waals surface area contributed by atoms with Gasteiger partial charge >= 0.3 is 0 Å². The minimum atomic E-state index is -0.739. The SMILES string of the molecule is Cc1nc(Nc2ncc(C(=O)Nc3c(C)cccc3Cl)s2)cc(N2CCN(C(=O)CCCCC(=O)Nc3cccc4c3CN(C3CCC(=O)NC3=O)C4=O)CC2)n1. The summed E-state index contributed by atoms with van der Waals surface area (Å²) < 4.78 is 0. The fourth-order valence-corrected chi connectivity index (χ4v) is 8.10. The number of piperidine rings is 1. The summed E-state index contributed by atoms with van der Waals surface area (Å²) in [5, 5.41) is 12.2. The van der Waals surface area contributed by atoms with Gasteiger partial charge in [0.2, 0.25) is 23.6 Å². The lowest BCUT2D eigenvalue weighted by Gasteiger charge is -2.35. The Bertz CT molecular complexity index is 2240. The Morgan fingerprint density at radius 3 is 2.51 bits per heavy atom. The summed E-state index contributed by atoms with van der Waals surface area (Å²) in [5.74, 6) is 0.131. The number of hydrogen-bond donors (Lipinski definition) is 4. The van der Waals surface area contributed by atoms with Gasteiger partial charge in [0.1, 0.15) is 28.4 Å². The molecule has 4 aromatic rings. The third-order valence-electron chi connectivity index (χ3n) is 10.1. The molecule has 2 aromatic carbocycles. The van der Waals surface area contributed by atoms with Crippen molar-refractivity contribution in [1.29, 1.82) is 0 Å². The molecule has 7 rings (SSSR count). The first kappa shape index (κ1) is 39.3. The van der Waals surface area contributed by atoms with Crippen LogP contribution in [-0.4, -0.2) is 92.4 Å². The number of nitrogens with one attached hydrogen (secondary N) is 4. The molecule has 1 atom stereocenters. The Hall–Kier alpha value is -5.94. The van der Waals surface area contributed by atoms with E-state index in [1.54, 1.807) is 31.2 Å². The minimum Gasteiger partial charge on any atom is -0.353 e. The highest BCUT2D eigenvalue weighted by Crippen LogP contribution is 2.33. The second-order valence-corrected chi connectivity index (χ2v) is 15.5. The number of anilines is 5. The summed E-state index contributed by atoms with van der Waals surface area (Å²) in [6, 6.07) is 11.6. The van der Waals surface area contributed by atoms with Crippen LogP contribution in [0.25, 0.3) is 0 Å². The normalized spacial score (nSPS) is 16.6. The van der Waals surface area contributed by atoms with Gasteiger partial charge in [-0.25, -0.2) is 15.0 Å². The lowest BCUT2D eigenvalue weighted by Crippen LogP contribution is -2.52. The maximum atomic E-state index is 13.1. The van der Waals surface area contributed by atoms with Crippen LogP contribution in [0.2, 0.25) is 5.02 Å². The number of unbranched alkanes of at least 4 members (excludes halogenated alkanes) is 1. The Labute approximate surface area is 337 Å². The van der Waals surface area contributed by atoms with Gasteiger partial charge in [-0.15, -0.1) is 0 Å². The molecule has 1 unspecified atom stereocenters. The fourth-order valence-electron chi connectivity index (χ4n) is 7.11. The number of para-hydroxylation sites is 1. The summed E-state index contributed by atoms with van der Waals surface area (Å²) in [6.07, 6.45) is 3.49. The number of aryl methyl sites for hydroxylation is 2. The van der Waals surface area contributed by atoms with E-state index in [0.717, 1.165) is 5.56 Å². The number of aromatic nitrogens is 3. The third kappa shape index (κ3) is 9.05. The Balaban J connectivity index is 0.847. The van der Waals surface area contributed by atoms with E-state index in [2.05, 4.69) is 41.1 Å². The first-order valence-corrected chi connectivity index (χ1v) is 19.9. The molecule has 3 aliphatic rings. The van der Waals surface area contributed by atoms with Gasteiger partial charge in [0.15, 0.2) is 5.13 Å². The van der Waals surface area contributed by atoms with Crippen molar-refractivity contribution >= 4 is 86.5 Å². The molecule has 2 aromatic heterocycles. The van der Waals surface area contributed by atoms with Crippen LogP contribution >= 0.6 is 22.9 Å². The maximum Gasteiger partial charge on any atom is 0.267 e. The van der Waals surface area contributed by atoms with E-state index in [4.69, 9.17) is 11.6 Å². The standard InChI is InChI=1S/C39H41ClN10O6S/c1-22-7-5-9-26(40)35(22)47-37(55)29-20-41-39(57-29)45-30-19-31(43-23(2)42-30)48-15-17-49(18-16-48)34(53)12-4-3-11-32(51)44-27-10-6-8-24-25(27)21-50(38(24)56)28-13-14-33(52)46-36(28)54/h5-10,19-20,28H,3-4,11-18,21H2,1-2H3,(H,44,51)(H,47,55)(H,46,52,54)(H,41,42,43,45). The highest BCUT2D eigenvalue weighted by atomic mass is 35.5. The topological polar surface area (TPSA) is 199 Å². The number of halogens is 1. The van der Waals surface area contributed by atoms with Crippen molar-refractivity contribution in [3.63, 3.8) is 0 Å². The van der Waals surface area contributed by atoms with E-state index in [1.807, 2.05) is 30.0 Å². The molecule has 5 heterocycles. The Morgan fingerprint density at radius 1 is 0.965 bits per heavy atom. The van der Waals surface area contributed by atoms with E-state index in [-0.39, 0.29) is 55.3 Å². The highest BCUT2D eigenvalue weighted by Gasteiger charge is 2.40. The second kappa shape index (κ2) is 17.1. The molecule has 2 saturated heterocycles. The van der Waals surface area contributed by atoms with Crippen LogP contribution in [0.4, 0.5) is 28.1 Å². The van der Waals surface area contributed by atoms with Crippen molar-refractivity contribution < 1.29 is 28.8 Å². The molecular weight excluding hydrogens is 772 g/mol. The molecule has 0 aliphatic carbocycles. The number of carbonyl (C=O) groups excluding carboxylic acids is 6. The molecule has 4 N–H and O–H groups in total. The lowest BCUT2D eigenvalue weighted by molar-refractivity contribution is -0.137. The van der Waals surface area contributed by atoms with Gasteiger partial charge in [-0.1, -0.05) is 41.1 Å². The number of piperazine rings is 1. The van der Waals surface area contributed by atoms with E-state index < -0.39 is 11.9 Å². The zero-order chi connectivity index (χ0) is 40.2. The van der Waals surface area contributed by atoms with Gasteiger partial charge < -0.3 is 30.7 Å². The number of carbonyl (C=O) groups is 6. The highest BCUT2D eigenvalue weighted by molar-refractivity contribution is 7.17. The summed E-state index contributed by atoms with van der Waals surface area (Å²) in [7, 11) is 0. The molecule has 6 amide bonds. The van der Waals surface area contributed by atoms with E-state index in [0.29, 0.717) is 100 Å². The largest absolute Gasteiger partial charge is 0.353 e. The van der Waals surface area contributed by atoms with Crippen LogP contribution < -0.4 is 26.2 Å². The van der Waals surface area contributed by atoms with Crippen molar-refractivity contribution in [3.05, 3.63) is 81.1 Å². The number of fused-ring (bicyclic) bond motifs is 1. The molecule has 3 aliphatic heterocycles. The van der Waals surface area contributed by atoms with Gasteiger partial charge in [0.25, 0.3) is 11.8 Å². The fraction of sp³-hybridized carbons (Fsp3) is 0.359. The number of thiazole rings is 1. The number of nitrogens with zero attached hydrogens (tertiary/aromatic N) is 6. The molecule has 16 nitrogen and oxygen atoms in total. The predicted molar refractivity (Wildman–Crippen MR) is 215 cm³/mol. The van der Waals surface area contributed by atoms with Crippen molar-refractivity contribution in [3.8, 4) is 0 Å². The molecule has 0 saturated carbocycles. The summed E-state index contributed by atoms with van der Waals surface area (Å²) in [5.41, 5.74) is 2.98. The van der Waals surface area contributed by atoms with Crippen LogP contribution in [-0.2, 0) is 25.7 Å². The first-order valence-electron chi connectivity index (χ1n) is 18.7. The summed E-state index contributed by atoms with van der Waals surface area (Å²) in [6.45, 7) is 6.04. The number of imide groups is 1. The van der Waals surface area contributed by atoms with Crippen LogP contribution in [0.5, 0.6) is 0 Å². The summed E-state index contributed by atoms with van der Waals surface area (Å²) in [4.78, 5) is 95.2. The zero-order valence-corrected chi connectivity index (χ0v) is 33.0. The molecule has 2 fully saturated rings. The number of amides is 6. The number of benzene rings is 2. The Kier molecular flexibility index (Phi) is 11.8. The van der Waals surface area contributed by atoms with Crippen molar-refractivity contribution in [1.82, 2.24) is 30.1 Å². The molecular formula is C39H41ClN10O6S. The van der Waals surface area contributed by atoms with Gasteiger partial charge in [-0.3, -0.25) is 34.1 Å². The van der Waals surface area contributed by atoms with Crippen LogP contribution in [0.15, 0.2) is 48.7 Å². The van der Waals surface area contributed by atoms with E-state index >= 15 is 0 Å². The quantitative estimate of drug-likeness (QED) is 0.113. The zero-order valence-electron chi connectivity index (χ0n) is 31.4. The average Bonchev–Trinajstić information content (AvgIpc) is 3.79. The van der Waals surface area contributed by atoms with Crippen molar-refractivity contribution in [2.24, 2.45) is 0 Å². The average molecular weight is 813 g/mol. The third-order valence-corrected chi connectivity index (χ3v) is 11.3. The van der Waals surface area contributed by atoms with Gasteiger partial charge in [-0.05, 0) is 56.9 Å². The van der Waals surface area contributed by atoms with Gasteiger partial charge in [-0.2, -0.15) is 0 Å². The maximum absolute atomic E-state index is 13.1. The van der Waals surface area contributed by atoms with Crippen molar-refractivity contribution in [2.75, 3.05) is 47.0 Å². The molecule has 296 valence electrons. The van der Waals surface area contributed by atoms with Crippen LogP contribution in [0, 0.1) is 13.8 Å². The smallest absolute Gasteiger partial charge is 0.267 e. The predicted octanol–water partition coefficient (Wildman–Crippen LogP) is 4.81.